The topological polar surface area (TPSA) is 57.4 Å². The van der Waals surface area contributed by atoms with E-state index >= 15 is 0 Å². The summed E-state index contributed by atoms with van der Waals surface area (Å²) in [6.07, 6.45) is 3.38. The molecule has 0 aliphatic heterocycles. The van der Waals surface area contributed by atoms with Crippen molar-refractivity contribution in [2.45, 2.75) is 0 Å². The second kappa shape index (κ2) is 6.06. The van der Waals surface area contributed by atoms with Crippen LogP contribution in [-0.4, -0.2) is 18.5 Å². The molecule has 0 radical (unpaired) electrons. The van der Waals surface area contributed by atoms with Crippen molar-refractivity contribution >= 4 is 22.6 Å². The first-order valence-corrected chi connectivity index (χ1v) is 5.66. The number of nitriles is 1. The fraction of sp³-hybridized carbons (Fsp3) is 0.200. The third-order valence-corrected chi connectivity index (χ3v) is 2.39. The van der Waals surface area contributed by atoms with Gasteiger partial charge in [0.05, 0.1) is 7.11 Å². The number of nitrogens with zero attached hydrogens (tertiary/aromatic N) is 2. The van der Waals surface area contributed by atoms with E-state index < -0.39 is 11.6 Å². The van der Waals surface area contributed by atoms with Gasteiger partial charge in [0.1, 0.15) is 5.69 Å². The molecule has 0 aliphatic carbocycles. The zero-order valence-electron chi connectivity index (χ0n) is 9.12. The Balaban J connectivity index is 3.23. The van der Waals surface area contributed by atoms with Crippen LogP contribution in [0.15, 0.2) is 17.1 Å². The Labute approximate surface area is 101 Å². The number of benzene rings is 1. The minimum absolute atomic E-state index is 0.110. The van der Waals surface area contributed by atoms with E-state index in [2.05, 4.69) is 10.3 Å². The maximum absolute atomic E-state index is 13.3. The smallest absolute Gasteiger partial charge is 0.202 e. The summed E-state index contributed by atoms with van der Waals surface area (Å²) < 4.78 is 31.0. The van der Waals surface area contributed by atoms with Crippen molar-refractivity contribution in [2.75, 3.05) is 13.4 Å². The number of aliphatic imine (C=N–C) groups is 1. The molecule has 0 saturated heterocycles. The Hall–Kier alpha value is -1.81. The van der Waals surface area contributed by atoms with Gasteiger partial charge in [-0.05, 0) is 18.4 Å². The second-order valence-corrected chi connectivity index (χ2v) is 3.57. The average molecular weight is 257 g/mol. The van der Waals surface area contributed by atoms with Gasteiger partial charge in [0.15, 0.2) is 22.9 Å². The van der Waals surface area contributed by atoms with E-state index in [0.717, 1.165) is 17.8 Å². The average Bonchev–Trinajstić information content (AvgIpc) is 2.33. The van der Waals surface area contributed by atoms with Gasteiger partial charge in [-0.25, -0.2) is 9.38 Å². The molecule has 90 valence electrons. The zero-order valence-corrected chi connectivity index (χ0v) is 9.94. The van der Waals surface area contributed by atoms with Crippen LogP contribution in [0.3, 0.4) is 0 Å². The monoisotopic (exact) mass is 257 g/mol. The van der Waals surface area contributed by atoms with E-state index in [4.69, 9.17) is 10.00 Å². The minimum atomic E-state index is -1.11. The van der Waals surface area contributed by atoms with Gasteiger partial charge in [-0.3, -0.25) is 5.32 Å². The normalized spacial score (nSPS) is 10.9. The van der Waals surface area contributed by atoms with Crippen LogP contribution in [0.1, 0.15) is 0 Å². The maximum Gasteiger partial charge on any atom is 0.202 e. The summed E-state index contributed by atoms with van der Waals surface area (Å²) in [5.74, 6) is -2.41. The van der Waals surface area contributed by atoms with Crippen LogP contribution in [0.25, 0.3) is 0 Å². The lowest BCUT2D eigenvalue weighted by molar-refractivity contribution is 0.373. The SMILES string of the molecule is COc1c(N=C(NC#N)SC)ccc(F)c1F. The van der Waals surface area contributed by atoms with E-state index in [9.17, 15) is 8.78 Å². The molecule has 0 bridgehead atoms. The molecule has 0 amide bonds. The standard InChI is InChI=1S/C10H9F2N3OS/c1-16-9-7(4-3-6(11)8(9)12)15-10(17-2)14-5-13/h3-4H,1-2H3,(H,14,15). The number of ether oxygens (including phenoxy) is 1. The van der Waals surface area contributed by atoms with E-state index in [-0.39, 0.29) is 16.6 Å². The van der Waals surface area contributed by atoms with Crippen LogP contribution in [0, 0.1) is 23.1 Å². The first-order chi connectivity index (χ1) is 8.13. The van der Waals surface area contributed by atoms with Gasteiger partial charge >= 0.3 is 0 Å². The van der Waals surface area contributed by atoms with Gasteiger partial charge in [0, 0.05) is 0 Å². The largest absolute Gasteiger partial charge is 0.491 e. The summed E-state index contributed by atoms with van der Waals surface area (Å²) in [4.78, 5) is 3.95. The van der Waals surface area contributed by atoms with Crippen LogP contribution in [0.5, 0.6) is 5.75 Å². The fourth-order valence-corrected chi connectivity index (χ4v) is 1.42. The van der Waals surface area contributed by atoms with E-state index in [1.165, 1.54) is 13.2 Å². The summed E-state index contributed by atoms with van der Waals surface area (Å²) in [6.45, 7) is 0. The summed E-state index contributed by atoms with van der Waals surface area (Å²) >= 11 is 1.16. The summed E-state index contributed by atoms with van der Waals surface area (Å²) in [7, 11) is 1.22. The summed E-state index contributed by atoms with van der Waals surface area (Å²) in [5, 5.41) is 11.0. The number of nitrogens with one attached hydrogen (secondary N) is 1. The molecule has 4 nitrogen and oxygen atoms in total. The number of thioether (sulfide) groups is 1. The minimum Gasteiger partial charge on any atom is -0.491 e. The predicted octanol–water partition coefficient (Wildman–Crippen LogP) is 2.39. The Morgan fingerprint density at radius 3 is 2.76 bits per heavy atom. The molecule has 0 saturated carbocycles. The lowest BCUT2D eigenvalue weighted by Crippen LogP contribution is -2.12. The zero-order chi connectivity index (χ0) is 12.8. The highest BCUT2D eigenvalue weighted by Gasteiger charge is 2.14. The molecular weight excluding hydrogens is 248 g/mol. The molecule has 0 aromatic heterocycles. The van der Waals surface area contributed by atoms with E-state index in [1.807, 2.05) is 0 Å². The van der Waals surface area contributed by atoms with Gasteiger partial charge in [0.2, 0.25) is 5.82 Å². The third-order valence-electron chi connectivity index (χ3n) is 1.81. The van der Waals surface area contributed by atoms with Crippen molar-refractivity contribution in [3.05, 3.63) is 23.8 Å². The van der Waals surface area contributed by atoms with E-state index in [0.29, 0.717) is 0 Å². The van der Waals surface area contributed by atoms with Crippen molar-refractivity contribution in [1.82, 2.24) is 5.32 Å². The van der Waals surface area contributed by atoms with Gasteiger partial charge in [-0.2, -0.15) is 9.65 Å². The van der Waals surface area contributed by atoms with Crippen molar-refractivity contribution < 1.29 is 13.5 Å². The lowest BCUT2D eigenvalue weighted by Gasteiger charge is -2.07. The van der Waals surface area contributed by atoms with Crippen LogP contribution in [0.4, 0.5) is 14.5 Å². The molecule has 0 atom stereocenters. The van der Waals surface area contributed by atoms with Crippen molar-refractivity contribution in [3.8, 4) is 11.9 Å². The number of hydrogen-bond donors (Lipinski definition) is 1. The quantitative estimate of drug-likeness (QED) is 0.382. The van der Waals surface area contributed by atoms with Crippen LogP contribution in [-0.2, 0) is 0 Å². The Morgan fingerprint density at radius 1 is 1.53 bits per heavy atom. The molecule has 17 heavy (non-hydrogen) atoms. The third kappa shape index (κ3) is 3.07. The molecule has 1 aromatic rings. The van der Waals surface area contributed by atoms with Gasteiger partial charge in [-0.1, -0.05) is 11.8 Å². The second-order valence-electron chi connectivity index (χ2n) is 2.77. The highest BCUT2D eigenvalue weighted by molar-refractivity contribution is 8.13. The molecular formula is C10H9F2N3OS. The molecule has 1 rings (SSSR count). The lowest BCUT2D eigenvalue weighted by atomic mass is 10.3. The van der Waals surface area contributed by atoms with Crippen LogP contribution in [0.2, 0.25) is 0 Å². The Bertz CT molecular complexity index is 485. The Kier molecular flexibility index (Phi) is 4.72. The Morgan fingerprint density at radius 2 is 2.24 bits per heavy atom. The maximum atomic E-state index is 13.3. The van der Waals surface area contributed by atoms with Crippen molar-refractivity contribution in [1.29, 1.82) is 5.26 Å². The molecule has 0 fully saturated rings. The van der Waals surface area contributed by atoms with Crippen LogP contribution >= 0.6 is 11.8 Å². The van der Waals surface area contributed by atoms with Gasteiger partial charge in [0.25, 0.3) is 0 Å². The molecule has 0 heterocycles. The van der Waals surface area contributed by atoms with Crippen LogP contribution < -0.4 is 10.1 Å². The fourth-order valence-electron chi connectivity index (χ4n) is 1.09. The highest BCUT2D eigenvalue weighted by atomic mass is 32.2. The number of methoxy groups -OCH3 is 1. The summed E-state index contributed by atoms with van der Waals surface area (Å²) in [5.41, 5.74) is 0.110. The van der Waals surface area contributed by atoms with Crippen molar-refractivity contribution in [3.63, 3.8) is 0 Å². The highest BCUT2D eigenvalue weighted by Crippen LogP contribution is 2.32. The van der Waals surface area contributed by atoms with Gasteiger partial charge < -0.3 is 4.74 Å². The molecule has 0 unspecified atom stereocenters. The van der Waals surface area contributed by atoms with E-state index in [1.54, 1.807) is 12.4 Å². The summed E-state index contributed by atoms with van der Waals surface area (Å²) in [6, 6.07) is 2.22. The predicted molar refractivity (Wildman–Crippen MR) is 62.3 cm³/mol. The first kappa shape index (κ1) is 13.3. The first-order valence-electron chi connectivity index (χ1n) is 4.43. The molecule has 0 spiro atoms. The van der Waals surface area contributed by atoms with Gasteiger partial charge in [-0.15, -0.1) is 0 Å². The number of rotatable bonds is 2. The number of hydrogen-bond acceptors (Lipinski definition) is 4. The molecule has 7 heteroatoms. The molecule has 0 aliphatic rings. The molecule has 1 aromatic carbocycles. The number of amidine groups is 1. The molecule has 1 N–H and O–H groups in total. The number of halogens is 2. The van der Waals surface area contributed by atoms with Crippen molar-refractivity contribution in [2.24, 2.45) is 4.99 Å².